The molecule has 12 heavy (non-hydrogen) atoms. The number of carbonyl (C=O) groups is 1. The normalized spacial score (nSPS) is 10.4. The van der Waals surface area contributed by atoms with Gasteiger partial charge in [0.25, 0.3) is 0 Å². The molecule has 60 valence electrons. The smallest absolute Gasteiger partial charge is 0.165 e. The molecule has 0 aliphatic carbocycles. The van der Waals surface area contributed by atoms with Crippen molar-refractivity contribution in [1.29, 1.82) is 0 Å². The lowest BCUT2D eigenvalue weighted by atomic mass is 10.3. The molecular weight excluding hydrogens is 154 g/mol. The van der Waals surface area contributed by atoms with Gasteiger partial charge in [0.2, 0.25) is 0 Å². The van der Waals surface area contributed by atoms with Gasteiger partial charge < -0.3 is 0 Å². The zero-order chi connectivity index (χ0) is 8.55. The van der Waals surface area contributed by atoms with Crippen LogP contribution >= 0.6 is 0 Å². The third-order valence-electron chi connectivity index (χ3n) is 1.74. The van der Waals surface area contributed by atoms with E-state index >= 15 is 0 Å². The summed E-state index contributed by atoms with van der Waals surface area (Å²) in [7, 11) is 0. The van der Waals surface area contributed by atoms with Crippen LogP contribution < -0.4 is 0 Å². The summed E-state index contributed by atoms with van der Waals surface area (Å²) in [6, 6.07) is 1.84. The van der Waals surface area contributed by atoms with Crippen molar-refractivity contribution in [3.05, 3.63) is 29.7 Å². The predicted molar refractivity (Wildman–Crippen MR) is 43.1 cm³/mol. The highest BCUT2D eigenvalue weighted by Gasteiger charge is 2.03. The van der Waals surface area contributed by atoms with Crippen molar-refractivity contribution in [1.82, 2.24) is 14.6 Å². The fraction of sp³-hybridized carbons (Fsp3) is 0.125. The highest BCUT2D eigenvalue weighted by Crippen LogP contribution is 2.06. The summed E-state index contributed by atoms with van der Waals surface area (Å²) in [5.74, 6) is 0. The summed E-state index contributed by atoms with van der Waals surface area (Å²) >= 11 is 0. The Bertz CT molecular complexity index is 433. The first-order chi connectivity index (χ1) is 5.83. The molecule has 0 atom stereocenters. The van der Waals surface area contributed by atoms with E-state index in [9.17, 15) is 4.79 Å². The number of hydrogen-bond acceptors (Lipinski definition) is 3. The molecule has 2 heterocycles. The third kappa shape index (κ3) is 0.812. The molecular formula is C8H7N3O. The summed E-state index contributed by atoms with van der Waals surface area (Å²) in [5, 5.41) is 4.01. The Kier molecular flexibility index (Phi) is 1.40. The number of nitrogens with zero attached hydrogens (tertiary/aromatic N) is 3. The van der Waals surface area contributed by atoms with Gasteiger partial charge in [0, 0.05) is 11.9 Å². The van der Waals surface area contributed by atoms with Crippen molar-refractivity contribution in [3.63, 3.8) is 0 Å². The molecule has 0 aromatic carbocycles. The SMILES string of the molecule is Cc1ccnc2c(C=O)cnn12. The van der Waals surface area contributed by atoms with Crippen LogP contribution in [-0.2, 0) is 0 Å². The van der Waals surface area contributed by atoms with Gasteiger partial charge in [-0.05, 0) is 13.0 Å². The molecule has 0 radical (unpaired) electrons. The van der Waals surface area contributed by atoms with Crippen molar-refractivity contribution in [3.8, 4) is 0 Å². The van der Waals surface area contributed by atoms with E-state index in [-0.39, 0.29) is 0 Å². The first kappa shape index (κ1) is 6.97. The van der Waals surface area contributed by atoms with Crippen molar-refractivity contribution in [2.75, 3.05) is 0 Å². The number of aryl methyl sites for hydroxylation is 1. The van der Waals surface area contributed by atoms with Crippen molar-refractivity contribution in [2.45, 2.75) is 6.92 Å². The van der Waals surface area contributed by atoms with Crippen LogP contribution in [-0.4, -0.2) is 20.9 Å². The molecule has 4 heteroatoms. The highest BCUT2D eigenvalue weighted by molar-refractivity contribution is 5.83. The Morgan fingerprint density at radius 1 is 1.58 bits per heavy atom. The van der Waals surface area contributed by atoms with Gasteiger partial charge in [-0.2, -0.15) is 5.10 Å². The summed E-state index contributed by atoms with van der Waals surface area (Å²) in [4.78, 5) is 14.5. The van der Waals surface area contributed by atoms with E-state index in [1.54, 1.807) is 10.7 Å². The highest BCUT2D eigenvalue weighted by atomic mass is 16.1. The monoisotopic (exact) mass is 161 g/mol. The number of carbonyl (C=O) groups excluding carboxylic acids is 1. The van der Waals surface area contributed by atoms with Crippen LogP contribution in [0.4, 0.5) is 0 Å². The van der Waals surface area contributed by atoms with E-state index in [0.717, 1.165) is 12.0 Å². The van der Waals surface area contributed by atoms with Crippen molar-refractivity contribution < 1.29 is 4.79 Å². The average Bonchev–Trinajstić information content (AvgIpc) is 2.49. The van der Waals surface area contributed by atoms with Gasteiger partial charge in [-0.25, -0.2) is 9.50 Å². The zero-order valence-corrected chi connectivity index (χ0v) is 6.56. The Morgan fingerprint density at radius 3 is 3.17 bits per heavy atom. The van der Waals surface area contributed by atoms with Crippen LogP contribution in [0.2, 0.25) is 0 Å². The summed E-state index contributed by atoms with van der Waals surface area (Å²) < 4.78 is 1.64. The Labute approximate surface area is 68.8 Å². The maximum Gasteiger partial charge on any atom is 0.165 e. The molecule has 0 unspecified atom stereocenters. The van der Waals surface area contributed by atoms with Gasteiger partial charge in [0.15, 0.2) is 11.9 Å². The molecule has 2 rings (SSSR count). The molecule has 0 N–H and O–H groups in total. The van der Waals surface area contributed by atoms with E-state index in [0.29, 0.717) is 11.2 Å². The van der Waals surface area contributed by atoms with Crippen LogP contribution in [0.5, 0.6) is 0 Å². The van der Waals surface area contributed by atoms with Gasteiger partial charge in [0.05, 0.1) is 11.8 Å². The van der Waals surface area contributed by atoms with Gasteiger partial charge in [-0.1, -0.05) is 0 Å². The maximum atomic E-state index is 10.5. The number of hydrogen-bond donors (Lipinski definition) is 0. The Hall–Kier alpha value is -1.71. The molecule has 0 fully saturated rings. The van der Waals surface area contributed by atoms with Crippen LogP contribution in [0.15, 0.2) is 18.5 Å². The molecule has 2 aromatic rings. The number of aromatic nitrogens is 3. The molecule has 0 saturated carbocycles. The van der Waals surface area contributed by atoms with Gasteiger partial charge in [-0.15, -0.1) is 0 Å². The van der Waals surface area contributed by atoms with Gasteiger partial charge in [0.1, 0.15) is 0 Å². The van der Waals surface area contributed by atoms with E-state index in [4.69, 9.17) is 0 Å². The van der Waals surface area contributed by atoms with Crippen molar-refractivity contribution >= 4 is 11.9 Å². The van der Waals surface area contributed by atoms with Crippen LogP contribution in [0.1, 0.15) is 16.1 Å². The van der Waals surface area contributed by atoms with Gasteiger partial charge >= 0.3 is 0 Å². The summed E-state index contributed by atoms with van der Waals surface area (Å²) in [5.41, 5.74) is 2.11. The lowest BCUT2D eigenvalue weighted by Gasteiger charge is -1.95. The van der Waals surface area contributed by atoms with E-state index in [1.165, 1.54) is 6.20 Å². The fourth-order valence-corrected chi connectivity index (χ4v) is 1.11. The first-order valence-corrected chi connectivity index (χ1v) is 3.57. The quantitative estimate of drug-likeness (QED) is 0.582. The maximum absolute atomic E-state index is 10.5. The lowest BCUT2D eigenvalue weighted by molar-refractivity contribution is 0.112. The number of fused-ring (bicyclic) bond motifs is 1. The fourth-order valence-electron chi connectivity index (χ4n) is 1.11. The topological polar surface area (TPSA) is 47.3 Å². The molecule has 0 saturated heterocycles. The zero-order valence-electron chi connectivity index (χ0n) is 6.56. The summed E-state index contributed by atoms with van der Waals surface area (Å²) in [6.07, 6.45) is 3.94. The second kappa shape index (κ2) is 2.41. The average molecular weight is 161 g/mol. The van der Waals surface area contributed by atoms with Crippen molar-refractivity contribution in [2.24, 2.45) is 0 Å². The standard InChI is InChI=1S/C8H7N3O/c1-6-2-3-9-8-7(5-12)4-10-11(6)8/h2-5H,1H3. The minimum absolute atomic E-state index is 0.527. The van der Waals surface area contributed by atoms with E-state index in [2.05, 4.69) is 10.1 Å². The first-order valence-electron chi connectivity index (χ1n) is 3.57. The number of rotatable bonds is 1. The minimum atomic E-state index is 0.527. The van der Waals surface area contributed by atoms with Gasteiger partial charge in [-0.3, -0.25) is 4.79 Å². The minimum Gasteiger partial charge on any atom is -0.298 e. The molecule has 0 aliphatic rings. The molecule has 0 amide bonds. The third-order valence-corrected chi connectivity index (χ3v) is 1.74. The van der Waals surface area contributed by atoms with Crippen LogP contribution in [0.25, 0.3) is 5.65 Å². The van der Waals surface area contributed by atoms with E-state index < -0.39 is 0 Å². The van der Waals surface area contributed by atoms with E-state index in [1.807, 2.05) is 13.0 Å². The molecule has 0 bridgehead atoms. The molecule has 2 aromatic heterocycles. The Morgan fingerprint density at radius 2 is 2.42 bits per heavy atom. The largest absolute Gasteiger partial charge is 0.298 e. The Balaban J connectivity index is 2.88. The van der Waals surface area contributed by atoms with Crippen LogP contribution in [0, 0.1) is 6.92 Å². The second-order valence-corrected chi connectivity index (χ2v) is 2.54. The number of aldehydes is 1. The predicted octanol–water partition coefficient (Wildman–Crippen LogP) is 0.850. The van der Waals surface area contributed by atoms with Crippen LogP contribution in [0.3, 0.4) is 0 Å². The summed E-state index contributed by atoms with van der Waals surface area (Å²) in [6.45, 7) is 1.91. The molecule has 0 spiro atoms. The second-order valence-electron chi connectivity index (χ2n) is 2.54. The lowest BCUT2D eigenvalue weighted by Crippen LogP contribution is -1.94. The molecule has 0 aliphatic heterocycles. The molecule has 4 nitrogen and oxygen atoms in total.